The molecule has 1 fully saturated rings. The molecule has 5 aromatic carbocycles. The number of nitriles is 1. The lowest BCUT2D eigenvalue weighted by Gasteiger charge is -2.47. The Morgan fingerprint density at radius 3 is 1.42 bits per heavy atom. The van der Waals surface area contributed by atoms with Crippen LogP contribution in [0.15, 0.2) is 152 Å². The van der Waals surface area contributed by atoms with Crippen molar-refractivity contribution in [3.63, 3.8) is 0 Å². The molecule has 1 saturated heterocycles. The van der Waals surface area contributed by atoms with Crippen molar-refractivity contribution in [2.24, 2.45) is 0 Å². The van der Waals surface area contributed by atoms with Gasteiger partial charge >= 0.3 is 0 Å². The lowest BCUT2D eigenvalue weighted by atomic mass is 9.90. The zero-order valence-corrected chi connectivity index (χ0v) is 29.7. The van der Waals surface area contributed by atoms with Crippen LogP contribution in [0.3, 0.4) is 0 Å². The molecule has 0 saturated carbocycles. The Labute approximate surface area is 308 Å². The second-order valence-electron chi connectivity index (χ2n) is 13.2. The fourth-order valence-corrected chi connectivity index (χ4v) is 6.60. The van der Waals surface area contributed by atoms with Gasteiger partial charge in [-0.25, -0.2) is 0 Å². The molecule has 7 atom stereocenters. The van der Waals surface area contributed by atoms with Gasteiger partial charge in [-0.15, -0.1) is 0 Å². The second-order valence-corrected chi connectivity index (χ2v) is 13.2. The number of ether oxygens (including phenoxy) is 5. The highest BCUT2D eigenvalue weighted by atomic mass is 16.6. The van der Waals surface area contributed by atoms with E-state index in [1.54, 1.807) is 0 Å². The maximum atomic E-state index is 10.5. The van der Waals surface area contributed by atoms with Crippen molar-refractivity contribution < 1.29 is 23.7 Å². The summed E-state index contributed by atoms with van der Waals surface area (Å²) in [5, 5.41) is 14.0. The van der Waals surface area contributed by atoms with Gasteiger partial charge in [0.1, 0.15) is 24.4 Å². The molecule has 0 amide bonds. The largest absolute Gasteiger partial charge is 0.374 e. The highest BCUT2D eigenvalue weighted by Gasteiger charge is 2.49. The lowest BCUT2D eigenvalue weighted by molar-refractivity contribution is -0.274. The lowest BCUT2D eigenvalue weighted by Crippen LogP contribution is -2.62. The molecule has 5 aromatic rings. The Hall–Kier alpha value is -4.65. The van der Waals surface area contributed by atoms with Gasteiger partial charge in [0.2, 0.25) is 0 Å². The second kappa shape index (κ2) is 19.8. The Morgan fingerprint density at radius 1 is 0.558 bits per heavy atom. The molecule has 1 N–H and O–H groups in total. The standard InChI is InChI=1S/C45H48N2O5/c1-34(39-25-15-6-16-26-39)47-40(28-46)27-41-43(49-30-36-19-9-3-10-20-36)45(51-32-38-23-13-5-14-24-38)44(50-31-37-21-11-4-12-22-37)42(52-41)33-48-29-35-17-7-2-8-18-35/h2-26,34,40-45,47H,27,29-33H2,1H3/t34-,40-,41+,42+,43-,44+,45+/m0/s1. The molecule has 0 spiro atoms. The van der Waals surface area contributed by atoms with Crippen molar-refractivity contribution >= 4 is 0 Å². The monoisotopic (exact) mass is 696 g/mol. The summed E-state index contributed by atoms with van der Waals surface area (Å²) < 4.78 is 33.8. The third-order valence-corrected chi connectivity index (χ3v) is 9.35. The molecule has 0 aliphatic carbocycles. The van der Waals surface area contributed by atoms with Crippen LogP contribution in [0.2, 0.25) is 0 Å². The normalized spacial score (nSPS) is 21.2. The highest BCUT2D eigenvalue weighted by Crippen LogP contribution is 2.33. The maximum absolute atomic E-state index is 10.5. The molecule has 7 heteroatoms. The average molecular weight is 697 g/mol. The van der Waals surface area contributed by atoms with Crippen LogP contribution in [-0.4, -0.2) is 43.2 Å². The zero-order valence-electron chi connectivity index (χ0n) is 29.7. The van der Waals surface area contributed by atoms with Gasteiger partial charge in [-0.3, -0.25) is 5.32 Å². The van der Waals surface area contributed by atoms with Crippen LogP contribution in [0, 0.1) is 11.3 Å². The number of nitrogens with zero attached hydrogens (tertiary/aromatic N) is 1. The van der Waals surface area contributed by atoms with Gasteiger partial charge in [0.15, 0.2) is 0 Å². The SMILES string of the molecule is C[C@H](N[C@H](C#N)C[C@H]1O[C@H](COCc2ccccc2)[C@@H](OCc2ccccc2)[C@H](OCc2ccccc2)[C@H]1OCc1ccccc1)c1ccccc1. The molecular weight excluding hydrogens is 649 g/mol. The molecule has 1 aliphatic heterocycles. The Balaban J connectivity index is 1.31. The highest BCUT2D eigenvalue weighted by molar-refractivity contribution is 5.20. The van der Waals surface area contributed by atoms with Crippen molar-refractivity contribution in [3.05, 3.63) is 179 Å². The molecule has 1 heterocycles. The van der Waals surface area contributed by atoms with Crippen molar-refractivity contribution in [1.29, 1.82) is 5.26 Å². The summed E-state index contributed by atoms with van der Waals surface area (Å²) in [5.74, 6) is 0. The van der Waals surface area contributed by atoms with Crippen molar-refractivity contribution in [3.8, 4) is 6.07 Å². The summed E-state index contributed by atoms with van der Waals surface area (Å²) in [7, 11) is 0. The minimum Gasteiger partial charge on any atom is -0.374 e. The molecule has 6 rings (SSSR count). The van der Waals surface area contributed by atoms with Gasteiger partial charge in [0.05, 0.1) is 51.2 Å². The molecular formula is C45H48N2O5. The summed E-state index contributed by atoms with van der Waals surface area (Å²) in [6.45, 7) is 3.84. The first kappa shape index (κ1) is 37.1. The maximum Gasteiger partial charge on any atom is 0.115 e. The van der Waals surface area contributed by atoms with Crippen LogP contribution < -0.4 is 5.32 Å². The minimum absolute atomic E-state index is 0.0461. The van der Waals surface area contributed by atoms with Crippen LogP contribution in [0.1, 0.15) is 47.2 Å². The molecule has 0 bridgehead atoms. The number of benzene rings is 5. The van der Waals surface area contributed by atoms with Crippen LogP contribution in [0.4, 0.5) is 0 Å². The van der Waals surface area contributed by atoms with E-state index in [4.69, 9.17) is 23.7 Å². The summed E-state index contributed by atoms with van der Waals surface area (Å²) >= 11 is 0. The third kappa shape index (κ3) is 10.9. The van der Waals surface area contributed by atoms with E-state index in [9.17, 15) is 5.26 Å². The molecule has 7 nitrogen and oxygen atoms in total. The molecule has 0 unspecified atom stereocenters. The number of rotatable bonds is 18. The molecule has 1 aliphatic rings. The Kier molecular flexibility index (Phi) is 14.1. The fourth-order valence-electron chi connectivity index (χ4n) is 6.60. The zero-order chi connectivity index (χ0) is 35.8. The summed E-state index contributed by atoms with van der Waals surface area (Å²) in [4.78, 5) is 0. The summed E-state index contributed by atoms with van der Waals surface area (Å²) in [6.07, 6.45) is -2.26. The first-order chi connectivity index (χ1) is 25.7. The van der Waals surface area contributed by atoms with E-state index in [0.717, 1.165) is 27.8 Å². The van der Waals surface area contributed by atoms with Crippen LogP contribution >= 0.6 is 0 Å². The first-order valence-corrected chi connectivity index (χ1v) is 18.1. The molecule has 268 valence electrons. The van der Waals surface area contributed by atoms with Gasteiger partial charge in [0, 0.05) is 12.5 Å². The predicted octanol–water partition coefficient (Wildman–Crippen LogP) is 8.36. The van der Waals surface area contributed by atoms with Crippen LogP contribution in [-0.2, 0) is 50.1 Å². The fraction of sp³-hybridized carbons (Fsp3) is 0.311. The minimum atomic E-state index is -0.556. The average Bonchev–Trinajstić information content (AvgIpc) is 3.20. The van der Waals surface area contributed by atoms with Gasteiger partial charge in [-0.1, -0.05) is 152 Å². The quantitative estimate of drug-likeness (QED) is 0.0986. The van der Waals surface area contributed by atoms with E-state index in [1.165, 1.54) is 0 Å². The van der Waals surface area contributed by atoms with E-state index in [-0.39, 0.29) is 12.6 Å². The van der Waals surface area contributed by atoms with Crippen LogP contribution in [0.25, 0.3) is 0 Å². The summed E-state index contributed by atoms with van der Waals surface area (Å²) in [6, 6.07) is 52.5. The van der Waals surface area contributed by atoms with Crippen molar-refractivity contribution in [2.75, 3.05) is 6.61 Å². The van der Waals surface area contributed by atoms with Crippen molar-refractivity contribution in [1.82, 2.24) is 5.32 Å². The Bertz CT molecular complexity index is 1760. The molecule has 0 radical (unpaired) electrons. The number of nitrogens with one attached hydrogen (secondary N) is 1. The van der Waals surface area contributed by atoms with E-state index in [1.807, 2.05) is 127 Å². The van der Waals surface area contributed by atoms with E-state index in [2.05, 4.69) is 42.6 Å². The number of hydrogen-bond donors (Lipinski definition) is 1. The molecule has 0 aromatic heterocycles. The van der Waals surface area contributed by atoms with Crippen molar-refractivity contribution in [2.45, 2.75) is 82.4 Å². The van der Waals surface area contributed by atoms with Gasteiger partial charge < -0.3 is 23.7 Å². The topological polar surface area (TPSA) is 82.0 Å². The van der Waals surface area contributed by atoms with E-state index in [0.29, 0.717) is 32.8 Å². The van der Waals surface area contributed by atoms with E-state index < -0.39 is 36.6 Å². The van der Waals surface area contributed by atoms with Crippen LogP contribution in [0.5, 0.6) is 0 Å². The van der Waals surface area contributed by atoms with E-state index >= 15 is 0 Å². The van der Waals surface area contributed by atoms with Gasteiger partial charge in [-0.05, 0) is 34.7 Å². The third-order valence-electron chi connectivity index (χ3n) is 9.35. The predicted molar refractivity (Wildman–Crippen MR) is 202 cm³/mol. The van der Waals surface area contributed by atoms with Gasteiger partial charge in [0.25, 0.3) is 0 Å². The molecule has 52 heavy (non-hydrogen) atoms. The smallest absolute Gasteiger partial charge is 0.115 e. The number of hydrogen-bond acceptors (Lipinski definition) is 7. The first-order valence-electron chi connectivity index (χ1n) is 18.1. The summed E-state index contributed by atoms with van der Waals surface area (Å²) in [5.41, 5.74) is 5.29. The van der Waals surface area contributed by atoms with Gasteiger partial charge in [-0.2, -0.15) is 5.26 Å². The Morgan fingerprint density at radius 2 is 0.962 bits per heavy atom.